The molecule has 3 rings (SSSR count). The molecule has 1 N–H and O–H groups in total. The molecule has 0 spiro atoms. The zero-order valence-corrected chi connectivity index (χ0v) is 13.7. The average Bonchev–Trinajstić information content (AvgIpc) is 3.02. The van der Waals surface area contributed by atoms with Crippen LogP contribution >= 0.6 is 11.8 Å². The zero-order chi connectivity index (χ0) is 16.2. The Morgan fingerprint density at radius 1 is 1.26 bits per heavy atom. The Hall–Kier alpha value is -2.22. The maximum absolute atomic E-state index is 12.0. The van der Waals surface area contributed by atoms with E-state index in [2.05, 4.69) is 15.5 Å². The van der Waals surface area contributed by atoms with Gasteiger partial charge in [0.25, 0.3) is 5.22 Å². The number of hydrogen-bond donors (Lipinski definition) is 1. The van der Waals surface area contributed by atoms with E-state index in [-0.39, 0.29) is 17.6 Å². The number of amides is 1. The Bertz CT molecular complexity index is 702. The van der Waals surface area contributed by atoms with Crippen LogP contribution in [0.25, 0.3) is 0 Å². The quantitative estimate of drug-likeness (QED) is 0.841. The van der Waals surface area contributed by atoms with E-state index < -0.39 is 0 Å². The first-order valence-corrected chi connectivity index (χ1v) is 8.26. The van der Waals surface area contributed by atoms with E-state index in [4.69, 9.17) is 13.9 Å². The largest absolute Gasteiger partial charge is 0.486 e. The lowest BCUT2D eigenvalue weighted by atomic mass is 10.2. The minimum atomic E-state index is -0.157. The number of thioether (sulfide) groups is 1. The van der Waals surface area contributed by atoms with Crippen LogP contribution in [0.5, 0.6) is 11.5 Å². The zero-order valence-electron chi connectivity index (χ0n) is 12.9. The molecule has 1 amide bonds. The van der Waals surface area contributed by atoms with E-state index in [1.807, 2.05) is 13.8 Å². The highest BCUT2D eigenvalue weighted by molar-refractivity contribution is 7.99. The van der Waals surface area contributed by atoms with Crippen molar-refractivity contribution in [2.24, 2.45) is 0 Å². The van der Waals surface area contributed by atoms with Crippen molar-refractivity contribution in [1.82, 2.24) is 10.2 Å². The monoisotopic (exact) mass is 335 g/mol. The molecule has 0 fully saturated rings. The number of fused-ring (bicyclic) bond motifs is 1. The number of carbonyl (C=O) groups excluding carboxylic acids is 1. The highest BCUT2D eigenvalue weighted by atomic mass is 32.2. The fourth-order valence-electron chi connectivity index (χ4n) is 1.96. The summed E-state index contributed by atoms with van der Waals surface area (Å²) in [6.07, 6.45) is 0. The number of ether oxygens (including phenoxy) is 2. The van der Waals surface area contributed by atoms with E-state index in [9.17, 15) is 4.79 Å². The van der Waals surface area contributed by atoms with Crippen LogP contribution in [0, 0.1) is 0 Å². The molecule has 1 aliphatic rings. The van der Waals surface area contributed by atoms with E-state index >= 15 is 0 Å². The lowest BCUT2D eigenvalue weighted by Crippen LogP contribution is -2.17. The lowest BCUT2D eigenvalue weighted by Gasteiger charge is -2.18. The summed E-state index contributed by atoms with van der Waals surface area (Å²) in [5.74, 6) is 2.10. The molecule has 0 bridgehead atoms. The topological polar surface area (TPSA) is 86.5 Å². The summed E-state index contributed by atoms with van der Waals surface area (Å²) < 4.78 is 16.4. The van der Waals surface area contributed by atoms with Crippen molar-refractivity contribution in [2.45, 2.75) is 25.0 Å². The molecule has 0 unspecified atom stereocenters. The van der Waals surface area contributed by atoms with Crippen molar-refractivity contribution in [3.63, 3.8) is 0 Å². The Labute approximate surface area is 137 Å². The van der Waals surface area contributed by atoms with Gasteiger partial charge in [0.2, 0.25) is 11.8 Å². The van der Waals surface area contributed by atoms with Gasteiger partial charge < -0.3 is 19.2 Å². The number of nitrogens with zero attached hydrogens (tertiary/aromatic N) is 2. The Morgan fingerprint density at radius 3 is 2.78 bits per heavy atom. The standard InChI is InChI=1S/C15H17N3O4S/c1-9(2)14-17-18-15(22-14)23-8-13(19)16-10-3-4-11-12(7-10)21-6-5-20-11/h3-4,7,9H,5-6,8H2,1-2H3,(H,16,19). The molecule has 8 heteroatoms. The summed E-state index contributed by atoms with van der Waals surface area (Å²) in [5.41, 5.74) is 0.660. The molecule has 2 heterocycles. The molecule has 122 valence electrons. The number of hydrogen-bond acceptors (Lipinski definition) is 7. The van der Waals surface area contributed by atoms with Crippen LogP contribution in [-0.4, -0.2) is 35.1 Å². The third-order valence-electron chi connectivity index (χ3n) is 3.07. The predicted octanol–water partition coefficient (Wildman–Crippen LogP) is 2.70. The summed E-state index contributed by atoms with van der Waals surface area (Å²) in [4.78, 5) is 12.0. The van der Waals surface area contributed by atoms with Gasteiger partial charge in [-0.3, -0.25) is 4.79 Å². The van der Waals surface area contributed by atoms with Crippen molar-refractivity contribution in [1.29, 1.82) is 0 Å². The van der Waals surface area contributed by atoms with E-state index in [0.717, 1.165) is 0 Å². The minimum Gasteiger partial charge on any atom is -0.486 e. The molecule has 0 saturated carbocycles. The van der Waals surface area contributed by atoms with Gasteiger partial charge in [-0.1, -0.05) is 25.6 Å². The summed E-state index contributed by atoms with van der Waals surface area (Å²) in [6.45, 7) is 4.99. The van der Waals surface area contributed by atoms with Crippen molar-refractivity contribution in [2.75, 3.05) is 24.3 Å². The summed E-state index contributed by atoms with van der Waals surface area (Å²) in [6, 6.07) is 5.31. The van der Waals surface area contributed by atoms with Gasteiger partial charge in [-0.05, 0) is 12.1 Å². The van der Waals surface area contributed by atoms with E-state index in [0.29, 0.717) is 41.5 Å². The predicted molar refractivity (Wildman–Crippen MR) is 85.2 cm³/mol. The maximum atomic E-state index is 12.0. The highest BCUT2D eigenvalue weighted by Crippen LogP contribution is 2.32. The van der Waals surface area contributed by atoms with Gasteiger partial charge in [-0.25, -0.2) is 0 Å². The average molecular weight is 335 g/mol. The van der Waals surface area contributed by atoms with E-state index in [1.165, 1.54) is 11.8 Å². The number of nitrogens with one attached hydrogen (secondary N) is 1. The second kappa shape index (κ2) is 6.91. The molecule has 23 heavy (non-hydrogen) atoms. The molecule has 0 aliphatic carbocycles. The van der Waals surface area contributed by atoms with Crippen molar-refractivity contribution < 1.29 is 18.7 Å². The van der Waals surface area contributed by atoms with Crippen molar-refractivity contribution in [3.8, 4) is 11.5 Å². The minimum absolute atomic E-state index is 0.157. The fraction of sp³-hybridized carbons (Fsp3) is 0.400. The smallest absolute Gasteiger partial charge is 0.277 e. The van der Waals surface area contributed by atoms with Gasteiger partial charge in [0.15, 0.2) is 11.5 Å². The first-order valence-electron chi connectivity index (χ1n) is 7.27. The first-order chi connectivity index (χ1) is 11.1. The SMILES string of the molecule is CC(C)c1nnc(SCC(=O)Nc2ccc3c(c2)OCCO3)o1. The molecule has 0 radical (unpaired) electrons. The van der Waals surface area contributed by atoms with Gasteiger partial charge >= 0.3 is 0 Å². The molecule has 2 aromatic rings. The second-order valence-corrected chi connectivity index (χ2v) is 6.18. The summed E-state index contributed by atoms with van der Waals surface area (Å²) in [5, 5.41) is 11.0. The van der Waals surface area contributed by atoms with Gasteiger partial charge in [0, 0.05) is 17.7 Å². The number of aromatic nitrogens is 2. The molecule has 7 nitrogen and oxygen atoms in total. The Kier molecular flexibility index (Phi) is 4.71. The van der Waals surface area contributed by atoms with E-state index in [1.54, 1.807) is 18.2 Å². The van der Waals surface area contributed by atoms with Crippen LogP contribution < -0.4 is 14.8 Å². The van der Waals surface area contributed by atoms with Crippen LogP contribution in [0.15, 0.2) is 27.8 Å². The number of carbonyl (C=O) groups is 1. The molecule has 0 saturated heterocycles. The normalized spacial score (nSPS) is 13.2. The van der Waals surface area contributed by atoms with Crippen LogP contribution in [0.1, 0.15) is 25.7 Å². The molecular weight excluding hydrogens is 318 g/mol. The van der Waals surface area contributed by atoms with Gasteiger partial charge in [0.05, 0.1) is 5.75 Å². The van der Waals surface area contributed by atoms with Crippen LogP contribution in [0.4, 0.5) is 5.69 Å². The molecule has 1 aromatic carbocycles. The van der Waals surface area contributed by atoms with Gasteiger partial charge in [-0.15, -0.1) is 10.2 Å². The Morgan fingerprint density at radius 2 is 2.04 bits per heavy atom. The second-order valence-electron chi connectivity index (χ2n) is 5.26. The summed E-state index contributed by atoms with van der Waals surface area (Å²) in [7, 11) is 0. The first kappa shape index (κ1) is 15.7. The highest BCUT2D eigenvalue weighted by Gasteiger charge is 2.14. The van der Waals surface area contributed by atoms with Crippen LogP contribution in [0.2, 0.25) is 0 Å². The third-order valence-corrected chi connectivity index (χ3v) is 3.89. The summed E-state index contributed by atoms with van der Waals surface area (Å²) >= 11 is 1.21. The van der Waals surface area contributed by atoms with Gasteiger partial charge in [0.1, 0.15) is 13.2 Å². The fourth-order valence-corrected chi connectivity index (χ4v) is 2.53. The molecule has 0 atom stereocenters. The maximum Gasteiger partial charge on any atom is 0.277 e. The number of anilines is 1. The van der Waals surface area contributed by atoms with Crippen molar-refractivity contribution >= 4 is 23.4 Å². The number of rotatable bonds is 5. The Balaban J connectivity index is 1.54. The van der Waals surface area contributed by atoms with Gasteiger partial charge in [-0.2, -0.15) is 0 Å². The van der Waals surface area contributed by atoms with Crippen LogP contribution in [-0.2, 0) is 4.79 Å². The molecule has 1 aromatic heterocycles. The lowest BCUT2D eigenvalue weighted by molar-refractivity contribution is -0.113. The number of benzene rings is 1. The third kappa shape index (κ3) is 3.95. The van der Waals surface area contributed by atoms with Crippen LogP contribution in [0.3, 0.4) is 0 Å². The molecule has 1 aliphatic heterocycles. The molecular formula is C15H17N3O4S. The van der Waals surface area contributed by atoms with Crippen molar-refractivity contribution in [3.05, 3.63) is 24.1 Å².